The van der Waals surface area contributed by atoms with Gasteiger partial charge < -0.3 is 10.3 Å². The molecule has 1 aromatic carbocycles. The molecular weight excluding hydrogens is 276 g/mol. The molecule has 0 aliphatic carbocycles. The van der Waals surface area contributed by atoms with Crippen LogP contribution in [0.1, 0.15) is 15.9 Å². The zero-order valence-corrected chi connectivity index (χ0v) is 11.8. The standard InChI is InChI=1S/C14H15ClN4O/c1-19(9-11-4-2-3-5-12(11)15)14(20)10-6-7-17-13(8-10)18-16/h2-8H,9,16H2,1H3,(H,17,18). The van der Waals surface area contributed by atoms with Crippen molar-refractivity contribution in [3.05, 3.63) is 58.7 Å². The molecule has 104 valence electrons. The van der Waals surface area contributed by atoms with Crippen LogP contribution in [0.15, 0.2) is 42.6 Å². The molecule has 1 heterocycles. The van der Waals surface area contributed by atoms with E-state index in [0.29, 0.717) is 22.9 Å². The minimum Gasteiger partial charge on any atom is -0.337 e. The lowest BCUT2D eigenvalue weighted by Crippen LogP contribution is -2.26. The van der Waals surface area contributed by atoms with Gasteiger partial charge in [-0.15, -0.1) is 0 Å². The molecule has 20 heavy (non-hydrogen) atoms. The Labute approximate surface area is 122 Å². The van der Waals surface area contributed by atoms with Crippen LogP contribution >= 0.6 is 11.6 Å². The number of nitrogens with one attached hydrogen (secondary N) is 1. The van der Waals surface area contributed by atoms with Crippen molar-refractivity contribution >= 4 is 23.3 Å². The van der Waals surface area contributed by atoms with Gasteiger partial charge in [0.15, 0.2) is 0 Å². The number of nitrogen functional groups attached to an aromatic ring is 1. The first-order chi connectivity index (χ1) is 9.61. The predicted octanol–water partition coefficient (Wildman–Crippen LogP) is 2.29. The monoisotopic (exact) mass is 290 g/mol. The van der Waals surface area contributed by atoms with E-state index >= 15 is 0 Å². The number of halogens is 1. The van der Waals surface area contributed by atoms with Crippen LogP contribution in [0.3, 0.4) is 0 Å². The van der Waals surface area contributed by atoms with E-state index in [9.17, 15) is 4.79 Å². The summed E-state index contributed by atoms with van der Waals surface area (Å²) in [5, 5.41) is 0.645. The highest BCUT2D eigenvalue weighted by atomic mass is 35.5. The van der Waals surface area contributed by atoms with Crippen molar-refractivity contribution in [1.29, 1.82) is 0 Å². The van der Waals surface area contributed by atoms with Gasteiger partial charge in [-0.25, -0.2) is 10.8 Å². The predicted molar refractivity (Wildman–Crippen MR) is 79.3 cm³/mol. The summed E-state index contributed by atoms with van der Waals surface area (Å²) in [4.78, 5) is 17.9. The molecule has 0 aliphatic heterocycles. The highest BCUT2D eigenvalue weighted by molar-refractivity contribution is 6.31. The maximum atomic E-state index is 12.3. The van der Waals surface area contributed by atoms with E-state index in [0.717, 1.165) is 5.56 Å². The molecule has 1 aromatic heterocycles. The zero-order chi connectivity index (χ0) is 14.5. The molecule has 0 saturated heterocycles. The van der Waals surface area contributed by atoms with Crippen LogP contribution in [0.25, 0.3) is 0 Å². The van der Waals surface area contributed by atoms with Gasteiger partial charge >= 0.3 is 0 Å². The van der Waals surface area contributed by atoms with Crippen LogP contribution in [0, 0.1) is 0 Å². The number of hydrogen-bond acceptors (Lipinski definition) is 4. The van der Waals surface area contributed by atoms with E-state index < -0.39 is 0 Å². The Morgan fingerprint density at radius 1 is 1.40 bits per heavy atom. The second-order valence-electron chi connectivity index (χ2n) is 4.33. The van der Waals surface area contributed by atoms with Gasteiger partial charge in [0.25, 0.3) is 5.91 Å². The second-order valence-corrected chi connectivity index (χ2v) is 4.73. The summed E-state index contributed by atoms with van der Waals surface area (Å²) in [6.45, 7) is 0.437. The number of nitrogens with two attached hydrogens (primary N) is 1. The fourth-order valence-corrected chi connectivity index (χ4v) is 2.01. The molecule has 0 unspecified atom stereocenters. The number of hydrogen-bond donors (Lipinski definition) is 2. The number of amides is 1. The average Bonchev–Trinajstić information content (AvgIpc) is 2.48. The molecule has 0 radical (unpaired) electrons. The molecule has 5 nitrogen and oxygen atoms in total. The third-order valence-corrected chi connectivity index (χ3v) is 3.24. The topological polar surface area (TPSA) is 71.2 Å². The largest absolute Gasteiger partial charge is 0.337 e. The van der Waals surface area contributed by atoms with E-state index in [1.54, 1.807) is 30.1 Å². The molecule has 6 heteroatoms. The lowest BCUT2D eigenvalue weighted by atomic mass is 10.2. The molecule has 1 amide bonds. The summed E-state index contributed by atoms with van der Waals surface area (Å²) in [5.74, 6) is 5.61. The number of aromatic nitrogens is 1. The fourth-order valence-electron chi connectivity index (χ4n) is 1.82. The molecule has 0 aliphatic rings. The van der Waals surface area contributed by atoms with Crippen molar-refractivity contribution in [2.24, 2.45) is 5.84 Å². The van der Waals surface area contributed by atoms with Crippen LogP contribution in [0.5, 0.6) is 0 Å². The second kappa shape index (κ2) is 6.36. The fraction of sp³-hybridized carbons (Fsp3) is 0.143. The maximum Gasteiger partial charge on any atom is 0.254 e. The smallest absolute Gasteiger partial charge is 0.254 e. The van der Waals surface area contributed by atoms with Crippen molar-refractivity contribution in [3.63, 3.8) is 0 Å². The minimum absolute atomic E-state index is 0.121. The Balaban J connectivity index is 2.14. The summed E-state index contributed by atoms with van der Waals surface area (Å²) in [6, 6.07) is 10.7. The summed E-state index contributed by atoms with van der Waals surface area (Å²) < 4.78 is 0. The van der Waals surface area contributed by atoms with Gasteiger partial charge in [0.2, 0.25) is 0 Å². The Bertz CT molecular complexity index is 618. The zero-order valence-electron chi connectivity index (χ0n) is 11.0. The van der Waals surface area contributed by atoms with Crippen LogP contribution < -0.4 is 11.3 Å². The lowest BCUT2D eigenvalue weighted by molar-refractivity contribution is 0.0785. The molecule has 0 bridgehead atoms. The number of rotatable bonds is 4. The quantitative estimate of drug-likeness (QED) is 0.669. The van der Waals surface area contributed by atoms with Crippen LogP contribution in [0.4, 0.5) is 5.82 Å². The summed E-state index contributed by atoms with van der Waals surface area (Å²) in [5.41, 5.74) is 3.83. The lowest BCUT2D eigenvalue weighted by Gasteiger charge is -2.18. The van der Waals surface area contributed by atoms with Crippen LogP contribution in [0.2, 0.25) is 5.02 Å². The average molecular weight is 291 g/mol. The first kappa shape index (κ1) is 14.3. The number of carbonyl (C=O) groups is 1. The van der Waals surface area contributed by atoms with Gasteiger partial charge in [-0.05, 0) is 23.8 Å². The van der Waals surface area contributed by atoms with Gasteiger partial charge in [0, 0.05) is 30.4 Å². The highest BCUT2D eigenvalue weighted by Crippen LogP contribution is 2.17. The molecule has 0 saturated carbocycles. The number of hydrazine groups is 1. The van der Waals surface area contributed by atoms with Gasteiger partial charge in [-0.1, -0.05) is 29.8 Å². The van der Waals surface area contributed by atoms with Crippen LogP contribution in [-0.4, -0.2) is 22.8 Å². The van der Waals surface area contributed by atoms with Gasteiger partial charge in [0.1, 0.15) is 5.82 Å². The summed E-state index contributed by atoms with van der Waals surface area (Å²) >= 11 is 6.09. The number of benzene rings is 1. The number of nitrogens with zero attached hydrogens (tertiary/aromatic N) is 2. The first-order valence-electron chi connectivity index (χ1n) is 6.03. The van der Waals surface area contributed by atoms with Gasteiger partial charge in [-0.2, -0.15) is 0 Å². The van der Waals surface area contributed by atoms with Crippen LogP contribution in [-0.2, 0) is 6.54 Å². The molecule has 0 atom stereocenters. The Kier molecular flexibility index (Phi) is 4.55. The van der Waals surface area contributed by atoms with E-state index in [-0.39, 0.29) is 5.91 Å². The minimum atomic E-state index is -0.121. The Morgan fingerprint density at radius 3 is 2.85 bits per heavy atom. The number of anilines is 1. The number of carbonyl (C=O) groups excluding carboxylic acids is 1. The van der Waals surface area contributed by atoms with Crippen molar-refractivity contribution in [3.8, 4) is 0 Å². The molecule has 3 N–H and O–H groups in total. The summed E-state index contributed by atoms with van der Waals surface area (Å²) in [6.07, 6.45) is 1.53. The third-order valence-electron chi connectivity index (χ3n) is 2.87. The molecule has 2 rings (SSSR count). The highest BCUT2D eigenvalue weighted by Gasteiger charge is 2.13. The van der Waals surface area contributed by atoms with Gasteiger partial charge in [0.05, 0.1) is 0 Å². The SMILES string of the molecule is CN(Cc1ccccc1Cl)C(=O)c1ccnc(NN)c1. The van der Waals surface area contributed by atoms with E-state index in [1.165, 1.54) is 6.20 Å². The Hall–Kier alpha value is -2.11. The molecule has 0 spiro atoms. The van der Waals surface area contributed by atoms with Crippen molar-refractivity contribution in [1.82, 2.24) is 9.88 Å². The summed E-state index contributed by atoms with van der Waals surface area (Å²) in [7, 11) is 1.72. The molecular formula is C14H15ClN4O. The first-order valence-corrected chi connectivity index (χ1v) is 6.41. The normalized spacial score (nSPS) is 10.2. The van der Waals surface area contributed by atoms with Crippen molar-refractivity contribution in [2.75, 3.05) is 12.5 Å². The Morgan fingerprint density at radius 2 is 2.15 bits per heavy atom. The third kappa shape index (κ3) is 3.26. The molecule has 2 aromatic rings. The molecule has 0 fully saturated rings. The van der Waals surface area contributed by atoms with Crippen molar-refractivity contribution in [2.45, 2.75) is 6.54 Å². The number of pyridine rings is 1. The van der Waals surface area contributed by atoms with Crippen molar-refractivity contribution < 1.29 is 4.79 Å². The van der Waals surface area contributed by atoms with Gasteiger partial charge in [-0.3, -0.25) is 4.79 Å². The van der Waals surface area contributed by atoms with E-state index in [2.05, 4.69) is 10.4 Å². The van der Waals surface area contributed by atoms with E-state index in [1.807, 2.05) is 18.2 Å². The maximum absolute atomic E-state index is 12.3. The van der Waals surface area contributed by atoms with E-state index in [4.69, 9.17) is 17.4 Å².